The van der Waals surface area contributed by atoms with Crippen LogP contribution in [0, 0.1) is 12.3 Å². The van der Waals surface area contributed by atoms with Crippen molar-refractivity contribution in [2.24, 2.45) is 11.1 Å². The molecule has 1 aliphatic rings. The second-order valence-electron chi connectivity index (χ2n) is 5.22. The summed E-state index contributed by atoms with van der Waals surface area (Å²) in [6.45, 7) is 2.90. The fraction of sp³-hybridized carbons (Fsp3) is 0.467. The standard InChI is InChI=1S/C15H20N2O2S/c1-11-4-2-5-12(10-11)19-9-8-17-14(18)15(13(16)20)6-3-7-15/h2,4-5,10H,3,6-9H2,1H3,(H2,16,20)(H,17,18). The van der Waals surface area contributed by atoms with Crippen LogP contribution in [0.2, 0.25) is 0 Å². The van der Waals surface area contributed by atoms with Crippen LogP contribution in [-0.2, 0) is 4.79 Å². The molecule has 1 aromatic carbocycles. The molecule has 1 aliphatic carbocycles. The Kier molecular flexibility index (Phi) is 4.60. The summed E-state index contributed by atoms with van der Waals surface area (Å²) in [6.07, 6.45) is 2.52. The van der Waals surface area contributed by atoms with Gasteiger partial charge in [0.25, 0.3) is 0 Å². The van der Waals surface area contributed by atoms with Gasteiger partial charge in [-0.25, -0.2) is 0 Å². The van der Waals surface area contributed by atoms with Crippen molar-refractivity contribution in [2.45, 2.75) is 26.2 Å². The van der Waals surface area contributed by atoms with Gasteiger partial charge in [-0.3, -0.25) is 4.79 Å². The maximum absolute atomic E-state index is 12.1. The number of carbonyl (C=O) groups excluding carboxylic acids is 1. The van der Waals surface area contributed by atoms with Crippen molar-refractivity contribution in [3.05, 3.63) is 29.8 Å². The lowest BCUT2D eigenvalue weighted by atomic mass is 9.68. The number of ether oxygens (including phenoxy) is 1. The van der Waals surface area contributed by atoms with Crippen molar-refractivity contribution < 1.29 is 9.53 Å². The molecule has 3 N–H and O–H groups in total. The quantitative estimate of drug-likeness (QED) is 0.621. The van der Waals surface area contributed by atoms with Crippen molar-refractivity contribution in [3.63, 3.8) is 0 Å². The summed E-state index contributed by atoms with van der Waals surface area (Å²) in [6, 6.07) is 7.82. The molecule has 0 aromatic heterocycles. The fourth-order valence-corrected chi connectivity index (χ4v) is 2.62. The summed E-state index contributed by atoms with van der Waals surface area (Å²) in [5.41, 5.74) is 6.22. The van der Waals surface area contributed by atoms with Crippen LogP contribution in [0.3, 0.4) is 0 Å². The van der Waals surface area contributed by atoms with E-state index < -0.39 is 5.41 Å². The lowest BCUT2D eigenvalue weighted by Crippen LogP contribution is -2.53. The number of amides is 1. The summed E-state index contributed by atoms with van der Waals surface area (Å²) < 4.78 is 5.58. The summed E-state index contributed by atoms with van der Waals surface area (Å²) >= 11 is 5.01. The minimum absolute atomic E-state index is 0.0657. The molecule has 20 heavy (non-hydrogen) atoms. The first-order valence-electron chi connectivity index (χ1n) is 6.82. The van der Waals surface area contributed by atoms with Crippen LogP contribution in [0.4, 0.5) is 0 Å². The van der Waals surface area contributed by atoms with Crippen LogP contribution in [0.1, 0.15) is 24.8 Å². The predicted octanol–water partition coefficient (Wildman–Crippen LogP) is 1.95. The summed E-state index contributed by atoms with van der Waals surface area (Å²) in [5.74, 6) is 0.746. The van der Waals surface area contributed by atoms with Crippen LogP contribution in [0.15, 0.2) is 24.3 Å². The van der Waals surface area contributed by atoms with Gasteiger partial charge < -0.3 is 15.8 Å². The smallest absolute Gasteiger partial charge is 0.233 e. The molecule has 0 atom stereocenters. The lowest BCUT2D eigenvalue weighted by molar-refractivity contribution is -0.130. The molecule has 1 aromatic rings. The van der Waals surface area contributed by atoms with Crippen LogP contribution in [-0.4, -0.2) is 24.0 Å². The topological polar surface area (TPSA) is 64.3 Å². The summed E-state index contributed by atoms with van der Waals surface area (Å²) in [5, 5.41) is 2.86. The number of hydrogen-bond acceptors (Lipinski definition) is 3. The molecule has 4 nitrogen and oxygen atoms in total. The average Bonchev–Trinajstić information content (AvgIpc) is 2.33. The number of rotatable bonds is 6. The van der Waals surface area contributed by atoms with Crippen LogP contribution in [0.25, 0.3) is 0 Å². The first-order chi connectivity index (χ1) is 9.54. The van der Waals surface area contributed by atoms with Crippen molar-refractivity contribution >= 4 is 23.1 Å². The maximum atomic E-state index is 12.1. The highest BCUT2D eigenvalue weighted by molar-refractivity contribution is 7.80. The fourth-order valence-electron chi connectivity index (χ4n) is 2.32. The van der Waals surface area contributed by atoms with E-state index in [0.717, 1.165) is 30.6 Å². The van der Waals surface area contributed by atoms with Gasteiger partial charge in [-0.15, -0.1) is 0 Å². The molecule has 1 amide bonds. The van der Waals surface area contributed by atoms with Gasteiger partial charge in [0.2, 0.25) is 5.91 Å². The number of nitrogens with one attached hydrogen (secondary N) is 1. The molecule has 2 rings (SSSR count). The monoisotopic (exact) mass is 292 g/mol. The Bertz CT molecular complexity index is 512. The number of benzene rings is 1. The lowest BCUT2D eigenvalue weighted by Gasteiger charge is -2.39. The van der Waals surface area contributed by atoms with Crippen LogP contribution in [0.5, 0.6) is 5.75 Å². The zero-order chi connectivity index (χ0) is 14.6. The number of hydrogen-bond donors (Lipinski definition) is 2. The minimum atomic E-state index is -0.612. The van der Waals surface area contributed by atoms with Crippen molar-refractivity contribution in [2.75, 3.05) is 13.2 Å². The Balaban J connectivity index is 1.76. The summed E-state index contributed by atoms with van der Waals surface area (Å²) in [7, 11) is 0. The molecule has 108 valence electrons. The van der Waals surface area contributed by atoms with E-state index in [4.69, 9.17) is 22.7 Å². The van der Waals surface area contributed by atoms with Crippen LogP contribution < -0.4 is 15.8 Å². The van der Waals surface area contributed by atoms with Gasteiger partial charge in [0.1, 0.15) is 12.4 Å². The predicted molar refractivity (Wildman–Crippen MR) is 82.8 cm³/mol. The Hall–Kier alpha value is -1.62. The molecule has 1 fully saturated rings. The molecule has 0 bridgehead atoms. The molecule has 0 unspecified atom stereocenters. The normalized spacial score (nSPS) is 16.1. The van der Waals surface area contributed by atoms with E-state index >= 15 is 0 Å². The minimum Gasteiger partial charge on any atom is -0.492 e. The van der Waals surface area contributed by atoms with E-state index in [1.807, 2.05) is 31.2 Å². The van der Waals surface area contributed by atoms with Crippen LogP contribution >= 0.6 is 12.2 Å². The zero-order valence-electron chi connectivity index (χ0n) is 11.6. The van der Waals surface area contributed by atoms with Gasteiger partial charge in [0.05, 0.1) is 16.9 Å². The first kappa shape index (κ1) is 14.8. The number of thiocarbonyl (C=S) groups is 1. The third-order valence-electron chi connectivity index (χ3n) is 3.76. The SMILES string of the molecule is Cc1cccc(OCCNC(=O)C2(C(N)=S)CCC2)c1. The highest BCUT2D eigenvalue weighted by atomic mass is 32.1. The first-order valence-corrected chi connectivity index (χ1v) is 7.23. The second-order valence-corrected chi connectivity index (χ2v) is 5.66. The molecule has 1 saturated carbocycles. The van der Waals surface area contributed by atoms with Gasteiger partial charge >= 0.3 is 0 Å². The average molecular weight is 292 g/mol. The second kappa shape index (κ2) is 6.22. The number of nitrogens with two attached hydrogens (primary N) is 1. The van der Waals surface area contributed by atoms with E-state index in [-0.39, 0.29) is 5.91 Å². The van der Waals surface area contributed by atoms with E-state index in [1.54, 1.807) is 0 Å². The maximum Gasteiger partial charge on any atom is 0.233 e. The van der Waals surface area contributed by atoms with E-state index in [9.17, 15) is 4.79 Å². The molecule has 0 radical (unpaired) electrons. The third kappa shape index (κ3) is 3.10. The molecule has 5 heteroatoms. The van der Waals surface area contributed by atoms with Gasteiger partial charge in [0.15, 0.2) is 0 Å². The molecule has 0 heterocycles. The van der Waals surface area contributed by atoms with Gasteiger partial charge in [0, 0.05) is 0 Å². The van der Waals surface area contributed by atoms with Crippen molar-refractivity contribution in [1.82, 2.24) is 5.32 Å². The molecule has 0 saturated heterocycles. The van der Waals surface area contributed by atoms with Crippen molar-refractivity contribution in [1.29, 1.82) is 0 Å². The third-order valence-corrected chi connectivity index (χ3v) is 4.15. The number of aryl methyl sites for hydroxylation is 1. The number of carbonyl (C=O) groups is 1. The van der Waals surface area contributed by atoms with E-state index in [1.165, 1.54) is 0 Å². The summed E-state index contributed by atoms with van der Waals surface area (Å²) in [4.78, 5) is 12.4. The van der Waals surface area contributed by atoms with Gasteiger partial charge in [-0.2, -0.15) is 0 Å². The van der Waals surface area contributed by atoms with Crippen molar-refractivity contribution in [3.8, 4) is 5.75 Å². The molecular formula is C15H20N2O2S. The largest absolute Gasteiger partial charge is 0.492 e. The molecular weight excluding hydrogens is 272 g/mol. The molecule has 0 aliphatic heterocycles. The highest BCUT2D eigenvalue weighted by Crippen LogP contribution is 2.41. The Morgan fingerprint density at radius 2 is 2.25 bits per heavy atom. The van der Waals surface area contributed by atoms with E-state index in [0.29, 0.717) is 18.1 Å². The highest BCUT2D eigenvalue weighted by Gasteiger charge is 2.46. The van der Waals surface area contributed by atoms with Gasteiger partial charge in [-0.1, -0.05) is 30.8 Å². The zero-order valence-corrected chi connectivity index (χ0v) is 12.5. The Labute approximate surface area is 124 Å². The van der Waals surface area contributed by atoms with E-state index in [2.05, 4.69) is 5.32 Å². The Morgan fingerprint density at radius 1 is 1.50 bits per heavy atom. The Morgan fingerprint density at radius 3 is 2.80 bits per heavy atom. The molecule has 0 spiro atoms. The van der Waals surface area contributed by atoms with Gasteiger partial charge in [-0.05, 0) is 37.5 Å².